The van der Waals surface area contributed by atoms with Crippen LogP contribution < -0.4 is 10.1 Å². The minimum Gasteiger partial charge on any atom is -0.493 e. The second kappa shape index (κ2) is 7.64. The van der Waals surface area contributed by atoms with E-state index >= 15 is 0 Å². The smallest absolute Gasteiger partial charge is 0.259 e. The number of benzene rings is 2. The van der Waals surface area contributed by atoms with Crippen LogP contribution in [0.15, 0.2) is 34.8 Å². The third kappa shape index (κ3) is 4.35. The maximum atomic E-state index is 12.7. The SMILES string of the molecule is CCCOc1ccc(Br)cc1C(=O)Nc1c(C)cc(C)cc1C. The summed E-state index contributed by atoms with van der Waals surface area (Å²) in [5.41, 5.74) is 4.70. The van der Waals surface area contributed by atoms with Gasteiger partial charge in [0.25, 0.3) is 5.91 Å². The van der Waals surface area contributed by atoms with E-state index in [-0.39, 0.29) is 5.91 Å². The lowest BCUT2D eigenvalue weighted by molar-refractivity contribution is 0.102. The summed E-state index contributed by atoms with van der Waals surface area (Å²) in [6.45, 7) is 8.69. The van der Waals surface area contributed by atoms with Gasteiger partial charge in [-0.05, 0) is 56.5 Å². The minimum atomic E-state index is -0.160. The number of carbonyl (C=O) groups is 1. The van der Waals surface area contributed by atoms with Crippen molar-refractivity contribution in [3.05, 3.63) is 57.1 Å². The van der Waals surface area contributed by atoms with E-state index in [0.717, 1.165) is 27.7 Å². The standard InChI is InChI=1S/C19H22BrNO2/c1-5-8-23-17-7-6-15(20)11-16(17)19(22)21-18-13(3)9-12(2)10-14(18)4/h6-7,9-11H,5,8H2,1-4H3,(H,21,22). The van der Waals surface area contributed by atoms with Crippen LogP contribution in [0, 0.1) is 20.8 Å². The number of carbonyl (C=O) groups excluding carboxylic acids is 1. The first-order valence-electron chi connectivity index (χ1n) is 7.74. The number of nitrogens with one attached hydrogen (secondary N) is 1. The van der Waals surface area contributed by atoms with E-state index in [4.69, 9.17) is 4.74 Å². The summed E-state index contributed by atoms with van der Waals surface area (Å²) in [5, 5.41) is 3.03. The minimum absolute atomic E-state index is 0.160. The Morgan fingerprint density at radius 1 is 1.13 bits per heavy atom. The van der Waals surface area contributed by atoms with Crippen LogP contribution in [-0.4, -0.2) is 12.5 Å². The number of hydrogen-bond donors (Lipinski definition) is 1. The Hall–Kier alpha value is -1.81. The molecule has 0 unspecified atom stereocenters. The molecule has 1 amide bonds. The van der Waals surface area contributed by atoms with Gasteiger partial charge in [0.2, 0.25) is 0 Å². The average Bonchev–Trinajstić information content (AvgIpc) is 2.49. The molecular formula is C19H22BrNO2. The molecule has 0 heterocycles. The van der Waals surface area contributed by atoms with Crippen LogP contribution in [0.4, 0.5) is 5.69 Å². The predicted molar refractivity (Wildman–Crippen MR) is 98.5 cm³/mol. The molecule has 0 atom stereocenters. The topological polar surface area (TPSA) is 38.3 Å². The molecule has 2 rings (SSSR count). The summed E-state index contributed by atoms with van der Waals surface area (Å²) in [6.07, 6.45) is 0.896. The van der Waals surface area contributed by atoms with Gasteiger partial charge < -0.3 is 10.1 Å². The van der Waals surface area contributed by atoms with Crippen LogP contribution in [0.3, 0.4) is 0 Å². The quantitative estimate of drug-likeness (QED) is 0.757. The van der Waals surface area contributed by atoms with Crippen LogP contribution in [0.2, 0.25) is 0 Å². The molecule has 2 aromatic carbocycles. The van der Waals surface area contributed by atoms with Crippen LogP contribution in [0.5, 0.6) is 5.75 Å². The number of hydrogen-bond acceptors (Lipinski definition) is 2. The average molecular weight is 376 g/mol. The highest BCUT2D eigenvalue weighted by molar-refractivity contribution is 9.10. The summed E-state index contributed by atoms with van der Waals surface area (Å²) >= 11 is 3.42. The molecule has 0 spiro atoms. The van der Waals surface area contributed by atoms with E-state index in [1.54, 1.807) is 6.07 Å². The maximum absolute atomic E-state index is 12.7. The first-order chi connectivity index (χ1) is 10.9. The number of amides is 1. The monoisotopic (exact) mass is 375 g/mol. The molecule has 0 aromatic heterocycles. The molecule has 2 aromatic rings. The summed E-state index contributed by atoms with van der Waals surface area (Å²) in [7, 11) is 0. The lowest BCUT2D eigenvalue weighted by atomic mass is 10.0. The number of ether oxygens (including phenoxy) is 1. The van der Waals surface area contributed by atoms with Gasteiger partial charge in [-0.3, -0.25) is 4.79 Å². The molecule has 0 aliphatic rings. The van der Waals surface area contributed by atoms with Crippen molar-refractivity contribution in [2.45, 2.75) is 34.1 Å². The molecule has 0 saturated heterocycles. The van der Waals surface area contributed by atoms with E-state index in [2.05, 4.69) is 40.3 Å². The number of rotatable bonds is 5. The third-order valence-electron chi connectivity index (χ3n) is 3.56. The van der Waals surface area contributed by atoms with Crippen LogP contribution in [-0.2, 0) is 0 Å². The zero-order valence-corrected chi connectivity index (χ0v) is 15.6. The summed E-state index contributed by atoms with van der Waals surface area (Å²) in [4.78, 5) is 12.7. The van der Waals surface area contributed by atoms with Gasteiger partial charge in [-0.25, -0.2) is 0 Å². The molecular weight excluding hydrogens is 354 g/mol. The fourth-order valence-corrected chi connectivity index (χ4v) is 2.94. The maximum Gasteiger partial charge on any atom is 0.259 e. The summed E-state index contributed by atoms with van der Waals surface area (Å²) in [6, 6.07) is 9.63. The molecule has 23 heavy (non-hydrogen) atoms. The predicted octanol–water partition coefficient (Wildman–Crippen LogP) is 5.42. The Labute approximate surface area is 146 Å². The van der Waals surface area contributed by atoms with Crippen molar-refractivity contribution in [1.82, 2.24) is 0 Å². The lowest BCUT2D eigenvalue weighted by Crippen LogP contribution is -2.15. The largest absolute Gasteiger partial charge is 0.493 e. The highest BCUT2D eigenvalue weighted by atomic mass is 79.9. The molecule has 0 aliphatic heterocycles. The Balaban J connectivity index is 2.32. The van der Waals surface area contributed by atoms with Gasteiger partial charge in [0.15, 0.2) is 0 Å². The normalized spacial score (nSPS) is 10.5. The Morgan fingerprint density at radius 2 is 1.78 bits per heavy atom. The first-order valence-corrected chi connectivity index (χ1v) is 8.53. The molecule has 122 valence electrons. The Morgan fingerprint density at radius 3 is 2.39 bits per heavy atom. The van der Waals surface area contributed by atoms with Crippen molar-refractivity contribution in [3.63, 3.8) is 0 Å². The molecule has 3 nitrogen and oxygen atoms in total. The first kappa shape index (κ1) is 17.5. The number of aryl methyl sites for hydroxylation is 3. The van der Waals surface area contributed by atoms with Crippen LogP contribution in [0.1, 0.15) is 40.4 Å². The van der Waals surface area contributed by atoms with Gasteiger partial charge in [0, 0.05) is 10.2 Å². The van der Waals surface area contributed by atoms with Gasteiger partial charge in [-0.2, -0.15) is 0 Å². The van der Waals surface area contributed by atoms with Crippen molar-refractivity contribution in [3.8, 4) is 5.75 Å². The fourth-order valence-electron chi connectivity index (χ4n) is 2.58. The van der Waals surface area contributed by atoms with Crippen LogP contribution >= 0.6 is 15.9 Å². The zero-order valence-electron chi connectivity index (χ0n) is 14.0. The summed E-state index contributed by atoms with van der Waals surface area (Å²) in [5.74, 6) is 0.447. The van der Waals surface area contributed by atoms with Gasteiger partial charge in [0.1, 0.15) is 5.75 Å². The zero-order chi connectivity index (χ0) is 17.0. The molecule has 0 radical (unpaired) electrons. The highest BCUT2D eigenvalue weighted by Gasteiger charge is 2.15. The molecule has 4 heteroatoms. The summed E-state index contributed by atoms with van der Waals surface area (Å²) < 4.78 is 6.55. The van der Waals surface area contributed by atoms with Crippen LogP contribution in [0.25, 0.3) is 0 Å². The Kier molecular flexibility index (Phi) is 5.83. The van der Waals surface area contributed by atoms with E-state index in [0.29, 0.717) is 17.9 Å². The second-order valence-electron chi connectivity index (χ2n) is 5.72. The molecule has 0 saturated carbocycles. The van der Waals surface area contributed by atoms with Crippen molar-refractivity contribution in [2.75, 3.05) is 11.9 Å². The fraction of sp³-hybridized carbons (Fsp3) is 0.316. The molecule has 0 fully saturated rings. The molecule has 0 bridgehead atoms. The van der Waals surface area contributed by atoms with Gasteiger partial charge in [0.05, 0.1) is 12.2 Å². The van der Waals surface area contributed by atoms with E-state index < -0.39 is 0 Å². The second-order valence-corrected chi connectivity index (χ2v) is 6.63. The van der Waals surface area contributed by atoms with Gasteiger partial charge in [-0.1, -0.05) is 40.5 Å². The van der Waals surface area contributed by atoms with Crippen molar-refractivity contribution in [2.24, 2.45) is 0 Å². The van der Waals surface area contributed by atoms with E-state index in [1.165, 1.54) is 5.56 Å². The lowest BCUT2D eigenvalue weighted by Gasteiger charge is -2.15. The van der Waals surface area contributed by atoms with Crippen molar-refractivity contribution in [1.29, 1.82) is 0 Å². The van der Waals surface area contributed by atoms with Crippen molar-refractivity contribution < 1.29 is 9.53 Å². The Bertz CT molecular complexity index is 702. The number of halogens is 1. The number of anilines is 1. The highest BCUT2D eigenvalue weighted by Crippen LogP contribution is 2.27. The molecule has 0 aliphatic carbocycles. The van der Waals surface area contributed by atoms with E-state index in [9.17, 15) is 4.79 Å². The molecule has 1 N–H and O–H groups in total. The van der Waals surface area contributed by atoms with Crippen molar-refractivity contribution >= 4 is 27.5 Å². The third-order valence-corrected chi connectivity index (χ3v) is 4.06. The van der Waals surface area contributed by atoms with Gasteiger partial charge >= 0.3 is 0 Å². The van der Waals surface area contributed by atoms with Gasteiger partial charge in [-0.15, -0.1) is 0 Å². The van der Waals surface area contributed by atoms with E-state index in [1.807, 2.05) is 32.9 Å².